The zero-order valence-electron chi connectivity index (χ0n) is 24.7. The van der Waals surface area contributed by atoms with Crippen LogP contribution in [0.2, 0.25) is 0 Å². The van der Waals surface area contributed by atoms with Crippen LogP contribution in [0.1, 0.15) is 17.5 Å². The number of rotatable bonds is 2. The minimum absolute atomic E-state index is 0.0402. The van der Waals surface area contributed by atoms with E-state index in [4.69, 9.17) is 0 Å². The molecule has 4 nitrogen and oxygen atoms in total. The molecule has 1 atom stereocenters. The van der Waals surface area contributed by atoms with Gasteiger partial charge in [-0.05, 0) is 86.3 Å². The lowest BCUT2D eigenvalue weighted by Gasteiger charge is -2.22. The summed E-state index contributed by atoms with van der Waals surface area (Å²) in [6.45, 7) is 0. The topological polar surface area (TPSA) is 72.3 Å². The first-order chi connectivity index (χ1) is 23.6. The van der Waals surface area contributed by atoms with Gasteiger partial charge in [-0.25, -0.2) is 17.6 Å². The Hall–Kier alpha value is -6.02. The van der Waals surface area contributed by atoms with Gasteiger partial charge in [0.05, 0.1) is 10.7 Å². The number of hydrogen-bond acceptors (Lipinski definition) is 4. The largest absolute Gasteiger partial charge is 0.422 e. The van der Waals surface area contributed by atoms with Crippen LogP contribution in [-0.2, 0) is 6.18 Å². The van der Waals surface area contributed by atoms with E-state index in [0.29, 0.717) is 61.3 Å². The Kier molecular flexibility index (Phi) is 7.33. The second kappa shape index (κ2) is 11.3. The van der Waals surface area contributed by atoms with Gasteiger partial charge in [-0.15, -0.1) is 0 Å². The van der Waals surface area contributed by atoms with E-state index in [-0.39, 0.29) is 33.0 Å². The average Bonchev–Trinajstić information content (AvgIpc) is 3.49. The summed E-state index contributed by atoms with van der Waals surface area (Å²) in [6, 6.07) is 13.3. The van der Waals surface area contributed by atoms with Crippen molar-refractivity contribution in [1.29, 1.82) is 10.5 Å². The van der Waals surface area contributed by atoms with Gasteiger partial charge in [-0.1, -0.05) is 24.3 Å². The highest BCUT2D eigenvalue weighted by Gasteiger charge is 2.44. The van der Waals surface area contributed by atoms with Crippen LogP contribution in [0.5, 0.6) is 0 Å². The molecule has 0 fully saturated rings. The molecule has 1 unspecified atom stereocenters. The van der Waals surface area contributed by atoms with Crippen molar-refractivity contribution in [2.45, 2.75) is 24.9 Å². The summed E-state index contributed by atoms with van der Waals surface area (Å²) in [4.78, 5) is 7.89. The SMILES string of the molecule is N#CN=c1c2cc(C3=CC(F)=C(C(F)(F)F)C(F)C3)ccc2c2cc3c(cc12)c(=NC#N)c1cc(-c2cc(F)c(C(F)(F)F)c(F)c2)ccc13. The average molecular weight is 693 g/mol. The third-order valence-electron chi connectivity index (χ3n) is 8.73. The molecule has 0 N–H and O–H groups in total. The normalized spacial score (nSPS) is 16.6. The first-order valence-corrected chi connectivity index (χ1v) is 14.4. The highest BCUT2D eigenvalue weighted by Crippen LogP contribution is 2.42. The molecule has 0 aromatic heterocycles. The number of fused-ring (bicyclic) bond motifs is 6. The maximum absolute atomic E-state index is 14.6. The molecule has 7 rings (SSSR count). The maximum Gasteiger partial charge on any atom is 0.422 e. The summed E-state index contributed by atoms with van der Waals surface area (Å²) in [5, 5.41) is 22.9. The maximum atomic E-state index is 14.6. The van der Waals surface area contributed by atoms with Crippen LogP contribution in [0.3, 0.4) is 0 Å². The first-order valence-electron chi connectivity index (χ1n) is 14.4. The first kappa shape index (κ1) is 32.5. The van der Waals surface area contributed by atoms with Crippen molar-refractivity contribution in [2.24, 2.45) is 9.98 Å². The molecule has 0 bridgehead atoms. The zero-order valence-corrected chi connectivity index (χ0v) is 24.7. The molecule has 0 saturated carbocycles. The fraction of sp³-hybridized carbons (Fsp3) is 0.111. The summed E-state index contributed by atoms with van der Waals surface area (Å²) in [5.74, 6) is -5.35. The Bertz CT molecular complexity index is 2710. The van der Waals surface area contributed by atoms with E-state index in [1.165, 1.54) is 24.3 Å². The predicted molar refractivity (Wildman–Crippen MR) is 163 cm³/mol. The van der Waals surface area contributed by atoms with Crippen molar-refractivity contribution >= 4 is 48.7 Å². The summed E-state index contributed by atoms with van der Waals surface area (Å²) >= 11 is 0. The molecule has 6 aromatic carbocycles. The Morgan fingerprint density at radius 3 is 1.54 bits per heavy atom. The molecule has 1 aliphatic rings. The van der Waals surface area contributed by atoms with Crippen molar-refractivity contribution in [3.05, 3.63) is 112 Å². The minimum atomic E-state index is -5.26. The van der Waals surface area contributed by atoms with Gasteiger partial charge in [-0.2, -0.15) is 46.9 Å². The Morgan fingerprint density at radius 1 is 0.580 bits per heavy atom. The van der Waals surface area contributed by atoms with E-state index in [1.54, 1.807) is 36.7 Å². The molecule has 1 aliphatic carbocycles. The minimum Gasteiger partial charge on any atom is -0.242 e. The van der Waals surface area contributed by atoms with Crippen molar-refractivity contribution in [3.63, 3.8) is 0 Å². The van der Waals surface area contributed by atoms with Gasteiger partial charge in [-0.3, -0.25) is 0 Å². The van der Waals surface area contributed by atoms with Crippen LogP contribution >= 0.6 is 0 Å². The summed E-state index contributed by atoms with van der Waals surface area (Å²) in [5.41, 5.74) is -3.82. The third-order valence-corrected chi connectivity index (χ3v) is 8.73. The molecule has 0 heterocycles. The van der Waals surface area contributed by atoms with Crippen LogP contribution in [-0.4, -0.2) is 12.3 Å². The van der Waals surface area contributed by atoms with Crippen LogP contribution in [0, 0.1) is 34.5 Å². The van der Waals surface area contributed by atoms with E-state index in [0.717, 1.165) is 0 Å². The number of alkyl halides is 7. The van der Waals surface area contributed by atoms with Gasteiger partial charge in [0.2, 0.25) is 12.4 Å². The second-order valence-electron chi connectivity index (χ2n) is 11.5. The van der Waals surface area contributed by atoms with Crippen molar-refractivity contribution < 1.29 is 43.9 Å². The second-order valence-corrected chi connectivity index (χ2v) is 11.5. The molecule has 0 saturated heterocycles. The highest BCUT2D eigenvalue weighted by atomic mass is 19.4. The van der Waals surface area contributed by atoms with Gasteiger partial charge >= 0.3 is 12.4 Å². The van der Waals surface area contributed by atoms with Crippen molar-refractivity contribution in [1.82, 2.24) is 0 Å². The molecular formula is C36H14F10N4. The van der Waals surface area contributed by atoms with Crippen LogP contribution < -0.4 is 10.7 Å². The molecule has 6 aromatic rings. The highest BCUT2D eigenvalue weighted by molar-refractivity contribution is 6.21. The fourth-order valence-electron chi connectivity index (χ4n) is 6.66. The molecule has 0 spiro atoms. The smallest absolute Gasteiger partial charge is 0.242 e. The quantitative estimate of drug-likeness (QED) is 0.134. The standard InChI is InChI=1S/C36H14F10N4/c37-27-7-17(8-28(38)31(27)35(41,42)43)15-1-3-19-21-11-22-20-4-2-16(18-9-29(39)32(30(40)10-18)36(44,45)46)6-24(20)34(50-14-48)26(22)12-25(21)33(49-13-47)23(19)5-15/h1-9,11-12,30H,10H2. The van der Waals surface area contributed by atoms with Crippen LogP contribution in [0.25, 0.3) is 59.8 Å². The molecular weight excluding hydrogens is 678 g/mol. The number of nitrogens with zero attached hydrogens (tertiary/aromatic N) is 4. The molecule has 50 heavy (non-hydrogen) atoms. The lowest BCUT2D eigenvalue weighted by Crippen LogP contribution is -2.24. The van der Waals surface area contributed by atoms with Gasteiger partial charge in [0.1, 0.15) is 34.8 Å². The van der Waals surface area contributed by atoms with Crippen molar-refractivity contribution in [2.75, 3.05) is 0 Å². The lowest BCUT2D eigenvalue weighted by atomic mass is 9.90. The lowest BCUT2D eigenvalue weighted by molar-refractivity contribution is -0.142. The number of nitriles is 2. The Balaban J connectivity index is 1.45. The van der Waals surface area contributed by atoms with Crippen LogP contribution in [0.15, 0.2) is 88.1 Å². The number of hydrogen-bond donors (Lipinski definition) is 0. The number of benzene rings is 4. The van der Waals surface area contributed by atoms with Gasteiger partial charge in [0.25, 0.3) is 0 Å². The van der Waals surface area contributed by atoms with Gasteiger partial charge in [0.15, 0.2) is 0 Å². The van der Waals surface area contributed by atoms with E-state index >= 15 is 0 Å². The van der Waals surface area contributed by atoms with Gasteiger partial charge < -0.3 is 0 Å². The Morgan fingerprint density at radius 2 is 1.06 bits per heavy atom. The summed E-state index contributed by atoms with van der Waals surface area (Å²) in [6.07, 6.45) is -9.80. The summed E-state index contributed by atoms with van der Waals surface area (Å²) in [7, 11) is 0. The molecule has 248 valence electrons. The number of allylic oxidation sites excluding steroid dienone is 4. The van der Waals surface area contributed by atoms with Gasteiger partial charge in [0, 0.05) is 28.0 Å². The van der Waals surface area contributed by atoms with E-state index in [9.17, 15) is 54.4 Å². The monoisotopic (exact) mass is 692 g/mol. The van der Waals surface area contributed by atoms with E-state index in [1.807, 2.05) is 0 Å². The Labute approximate surface area is 273 Å². The summed E-state index contributed by atoms with van der Waals surface area (Å²) < 4.78 is 137. The van der Waals surface area contributed by atoms with E-state index < -0.39 is 53.5 Å². The molecule has 0 aliphatic heterocycles. The van der Waals surface area contributed by atoms with E-state index in [2.05, 4.69) is 9.98 Å². The fourth-order valence-corrected chi connectivity index (χ4v) is 6.66. The molecule has 0 radical (unpaired) electrons. The molecule has 14 heteroatoms. The van der Waals surface area contributed by atoms with Crippen molar-refractivity contribution in [3.8, 4) is 23.5 Å². The predicted octanol–water partition coefficient (Wildman–Crippen LogP) is 9.81. The number of halogens is 10. The molecule has 0 amide bonds. The van der Waals surface area contributed by atoms with Crippen LogP contribution in [0.4, 0.5) is 43.9 Å². The zero-order chi connectivity index (χ0) is 35.9. The third kappa shape index (κ3) is 5.06.